The van der Waals surface area contributed by atoms with Crippen molar-refractivity contribution in [2.75, 3.05) is 26.3 Å². The zero-order valence-corrected chi connectivity index (χ0v) is 16.8. The van der Waals surface area contributed by atoms with Crippen molar-refractivity contribution in [2.45, 2.75) is 51.6 Å². The zero-order valence-electron chi connectivity index (χ0n) is 16.0. The summed E-state index contributed by atoms with van der Waals surface area (Å²) in [6.07, 6.45) is 8.87. The summed E-state index contributed by atoms with van der Waals surface area (Å²) < 4.78 is 11.3. The van der Waals surface area contributed by atoms with Crippen molar-refractivity contribution in [1.29, 1.82) is 0 Å². The van der Waals surface area contributed by atoms with Gasteiger partial charge in [-0.25, -0.2) is 0 Å². The van der Waals surface area contributed by atoms with Crippen molar-refractivity contribution >= 4 is 29.3 Å². The van der Waals surface area contributed by atoms with E-state index in [-0.39, 0.29) is 18.0 Å². The molecule has 3 rings (SSSR count). The molecule has 2 fully saturated rings. The van der Waals surface area contributed by atoms with Crippen LogP contribution in [0.2, 0.25) is 0 Å². The maximum atomic E-state index is 12.8. The quantitative estimate of drug-likeness (QED) is 0.545. The largest absolute Gasteiger partial charge is 0.466 e. The van der Waals surface area contributed by atoms with E-state index < -0.39 is 5.41 Å². The zero-order chi connectivity index (χ0) is 19.1. The molecule has 2 aliphatic rings. The van der Waals surface area contributed by atoms with Crippen molar-refractivity contribution in [3.8, 4) is 0 Å². The second-order valence-electron chi connectivity index (χ2n) is 7.37. The Morgan fingerprint density at radius 3 is 2.81 bits per heavy atom. The van der Waals surface area contributed by atoms with Crippen molar-refractivity contribution in [1.82, 2.24) is 4.90 Å². The van der Waals surface area contributed by atoms with Gasteiger partial charge in [-0.3, -0.25) is 9.59 Å². The molecule has 148 valence electrons. The summed E-state index contributed by atoms with van der Waals surface area (Å²) in [6, 6.07) is 3.96. The van der Waals surface area contributed by atoms with E-state index in [0.29, 0.717) is 39.0 Å². The summed E-state index contributed by atoms with van der Waals surface area (Å²) in [7, 11) is 0. The maximum absolute atomic E-state index is 12.8. The van der Waals surface area contributed by atoms with Crippen LogP contribution < -0.4 is 0 Å². The average molecular weight is 392 g/mol. The van der Waals surface area contributed by atoms with E-state index in [1.807, 2.05) is 35.4 Å². The highest BCUT2D eigenvalue weighted by atomic mass is 32.1. The van der Waals surface area contributed by atoms with Gasteiger partial charge in [-0.15, -0.1) is 11.3 Å². The number of likely N-dealkylation sites (tertiary alicyclic amines) is 1. The van der Waals surface area contributed by atoms with Crippen molar-refractivity contribution in [3.63, 3.8) is 0 Å². The Balaban J connectivity index is 1.61. The third kappa shape index (κ3) is 5.20. The fourth-order valence-corrected chi connectivity index (χ4v) is 4.60. The van der Waals surface area contributed by atoms with E-state index in [1.165, 1.54) is 0 Å². The lowest BCUT2D eigenvalue weighted by atomic mass is 9.73. The number of ether oxygens (including phenoxy) is 2. The first-order valence-electron chi connectivity index (χ1n) is 9.92. The molecule has 0 spiro atoms. The standard InChI is InChI=1S/C21H29NO4S/c1-2-25-20(24)21(16-17-6-3-4-14-26-17)10-12-22(13-11-21)19(23)9-8-18-7-5-15-27-18/h5,7-9,15,17H,2-4,6,10-14,16H2,1H3/b9-8+/t17-/m0/s1. The molecule has 2 saturated heterocycles. The molecular weight excluding hydrogens is 362 g/mol. The Labute approximate surface area is 165 Å². The van der Waals surface area contributed by atoms with Crippen molar-refractivity contribution in [3.05, 3.63) is 28.5 Å². The van der Waals surface area contributed by atoms with Crippen LogP contribution in [0.25, 0.3) is 6.08 Å². The Kier molecular flexibility index (Phi) is 7.07. The highest BCUT2D eigenvalue weighted by Gasteiger charge is 2.45. The third-order valence-corrected chi connectivity index (χ3v) is 6.40. The number of thiophene rings is 1. The van der Waals surface area contributed by atoms with E-state index >= 15 is 0 Å². The van der Waals surface area contributed by atoms with Gasteiger partial charge in [0.2, 0.25) is 5.91 Å². The summed E-state index contributed by atoms with van der Waals surface area (Å²) in [5, 5.41) is 1.99. The van der Waals surface area contributed by atoms with Gasteiger partial charge in [-0.1, -0.05) is 6.07 Å². The van der Waals surface area contributed by atoms with Crippen LogP contribution in [0.4, 0.5) is 0 Å². The molecule has 1 aromatic rings. The van der Waals surface area contributed by atoms with E-state index in [1.54, 1.807) is 17.4 Å². The van der Waals surface area contributed by atoms with Crippen LogP contribution in [0.1, 0.15) is 50.3 Å². The Morgan fingerprint density at radius 2 is 2.19 bits per heavy atom. The Hall–Kier alpha value is -1.66. The van der Waals surface area contributed by atoms with Crippen LogP contribution >= 0.6 is 11.3 Å². The lowest BCUT2D eigenvalue weighted by molar-refractivity contribution is -0.163. The van der Waals surface area contributed by atoms with Gasteiger partial charge in [-0.05, 0) is 63.0 Å². The fraction of sp³-hybridized carbons (Fsp3) is 0.619. The molecule has 0 bridgehead atoms. The van der Waals surface area contributed by atoms with Crippen molar-refractivity contribution in [2.24, 2.45) is 5.41 Å². The number of piperidine rings is 1. The molecule has 0 aliphatic carbocycles. The monoisotopic (exact) mass is 391 g/mol. The first kappa shape index (κ1) is 20.1. The molecule has 0 radical (unpaired) electrons. The Bertz CT molecular complexity index is 641. The summed E-state index contributed by atoms with van der Waals surface area (Å²) >= 11 is 1.61. The predicted octanol–water partition coefficient (Wildman–Crippen LogP) is 3.89. The first-order valence-corrected chi connectivity index (χ1v) is 10.8. The van der Waals surface area contributed by atoms with E-state index in [0.717, 1.165) is 30.7 Å². The lowest BCUT2D eigenvalue weighted by Crippen LogP contribution is -2.48. The molecular formula is C21H29NO4S. The van der Waals surface area contributed by atoms with Gasteiger partial charge in [-0.2, -0.15) is 0 Å². The van der Waals surface area contributed by atoms with Gasteiger partial charge in [0.1, 0.15) is 0 Å². The SMILES string of the molecule is CCOC(=O)C1(C[C@@H]2CCCCO2)CCN(C(=O)/C=C/c2cccs2)CC1. The summed E-state index contributed by atoms with van der Waals surface area (Å²) in [4.78, 5) is 28.2. The van der Waals surface area contributed by atoms with Crippen LogP contribution in [-0.4, -0.2) is 49.2 Å². The van der Waals surface area contributed by atoms with Gasteiger partial charge in [0.25, 0.3) is 0 Å². The second-order valence-corrected chi connectivity index (χ2v) is 8.35. The maximum Gasteiger partial charge on any atom is 0.312 e. The van der Waals surface area contributed by atoms with Crippen LogP contribution in [-0.2, 0) is 19.1 Å². The summed E-state index contributed by atoms with van der Waals surface area (Å²) in [5.41, 5.74) is -0.522. The minimum atomic E-state index is -0.522. The summed E-state index contributed by atoms with van der Waals surface area (Å²) in [6.45, 7) is 4.18. The molecule has 3 heterocycles. The van der Waals surface area contributed by atoms with Crippen LogP contribution in [0.3, 0.4) is 0 Å². The highest BCUT2D eigenvalue weighted by Crippen LogP contribution is 2.40. The van der Waals surface area contributed by atoms with Crippen LogP contribution in [0.5, 0.6) is 0 Å². The predicted molar refractivity (Wildman–Crippen MR) is 106 cm³/mol. The van der Waals surface area contributed by atoms with Crippen molar-refractivity contribution < 1.29 is 19.1 Å². The molecule has 1 amide bonds. The van der Waals surface area contributed by atoms with Gasteiger partial charge in [0.05, 0.1) is 18.1 Å². The number of carbonyl (C=O) groups excluding carboxylic acids is 2. The third-order valence-electron chi connectivity index (χ3n) is 5.57. The minimum Gasteiger partial charge on any atom is -0.466 e. The van der Waals surface area contributed by atoms with Gasteiger partial charge >= 0.3 is 5.97 Å². The lowest BCUT2D eigenvalue weighted by Gasteiger charge is -2.41. The molecule has 0 unspecified atom stereocenters. The molecule has 5 nitrogen and oxygen atoms in total. The normalized spacial score (nSPS) is 22.7. The number of rotatable bonds is 6. The highest BCUT2D eigenvalue weighted by molar-refractivity contribution is 7.10. The van der Waals surface area contributed by atoms with Crippen LogP contribution in [0, 0.1) is 5.41 Å². The van der Waals surface area contributed by atoms with E-state index in [9.17, 15) is 9.59 Å². The number of carbonyl (C=O) groups is 2. The molecule has 0 N–H and O–H groups in total. The molecule has 1 aromatic heterocycles. The number of nitrogens with zero attached hydrogens (tertiary/aromatic N) is 1. The molecule has 27 heavy (non-hydrogen) atoms. The van der Waals surface area contributed by atoms with Crippen LogP contribution in [0.15, 0.2) is 23.6 Å². The van der Waals surface area contributed by atoms with E-state index in [2.05, 4.69) is 0 Å². The Morgan fingerprint density at radius 1 is 1.37 bits per heavy atom. The molecule has 0 aromatic carbocycles. The average Bonchev–Trinajstić information content (AvgIpc) is 3.21. The number of esters is 1. The van der Waals surface area contributed by atoms with E-state index in [4.69, 9.17) is 9.47 Å². The molecule has 2 aliphatic heterocycles. The molecule has 6 heteroatoms. The summed E-state index contributed by atoms with van der Waals surface area (Å²) in [5.74, 6) is -0.116. The molecule has 0 saturated carbocycles. The number of amides is 1. The topological polar surface area (TPSA) is 55.8 Å². The smallest absolute Gasteiger partial charge is 0.312 e. The van der Waals surface area contributed by atoms with Gasteiger partial charge in [0, 0.05) is 30.6 Å². The fourth-order valence-electron chi connectivity index (χ4n) is 3.98. The first-order chi connectivity index (χ1) is 13.1. The number of hydrogen-bond donors (Lipinski definition) is 0. The van der Waals surface area contributed by atoms with Gasteiger partial charge < -0.3 is 14.4 Å². The second kappa shape index (κ2) is 9.51. The number of hydrogen-bond acceptors (Lipinski definition) is 5. The van der Waals surface area contributed by atoms with Gasteiger partial charge in [0.15, 0.2) is 0 Å². The minimum absolute atomic E-state index is 0.00905. The molecule has 1 atom stereocenters.